The summed E-state index contributed by atoms with van der Waals surface area (Å²) in [7, 11) is 0. The zero-order chi connectivity index (χ0) is 61.7. The summed E-state index contributed by atoms with van der Waals surface area (Å²) in [6, 6.07) is 111. The van der Waals surface area contributed by atoms with E-state index in [0.29, 0.717) is 66.8 Å². The minimum atomic E-state index is -1.32. The fourth-order valence-corrected chi connectivity index (χ4v) is 11.7. The molecular formula is C80H60O8Rh2. The number of hydrogen-bond acceptors (Lipinski definition) is 8. The maximum atomic E-state index is 12.3. The van der Waals surface area contributed by atoms with Crippen LogP contribution in [-0.4, -0.2) is 23.9 Å². The second-order valence-electron chi connectivity index (χ2n) is 20.5. The van der Waals surface area contributed by atoms with Crippen molar-refractivity contribution < 1.29 is 78.6 Å². The monoisotopic (exact) mass is 1350 g/mol. The summed E-state index contributed by atoms with van der Waals surface area (Å²) in [5.41, 5.74) is 2.99. The topological polar surface area (TPSA) is 161 Å². The van der Waals surface area contributed by atoms with Gasteiger partial charge in [0.25, 0.3) is 0 Å². The van der Waals surface area contributed by atoms with Crippen molar-refractivity contribution in [2.75, 3.05) is 0 Å². The number of carboxylic acid groups (broad SMARTS) is 4. The van der Waals surface area contributed by atoms with Crippen molar-refractivity contribution in [1.29, 1.82) is 0 Å². The van der Waals surface area contributed by atoms with E-state index in [0.717, 1.165) is 0 Å². The molecule has 12 aromatic rings. The van der Waals surface area contributed by atoms with E-state index in [4.69, 9.17) is 0 Å². The molecule has 0 atom stereocenters. The number of hydrogen-bond donors (Lipinski definition) is 0. The second-order valence-corrected chi connectivity index (χ2v) is 20.5. The quantitative estimate of drug-likeness (QED) is 0.0682. The first-order valence-corrected chi connectivity index (χ1v) is 28.6. The molecule has 12 rings (SSSR count). The van der Waals surface area contributed by atoms with E-state index in [2.05, 4.69) is 0 Å². The smallest absolute Gasteiger partial charge is 0.548 e. The molecule has 0 saturated carbocycles. The Hall–Kier alpha value is -10.2. The van der Waals surface area contributed by atoms with Crippen LogP contribution in [0, 0.1) is 0 Å². The van der Waals surface area contributed by atoms with Crippen LogP contribution in [0.2, 0.25) is 0 Å². The van der Waals surface area contributed by atoms with Gasteiger partial charge in [-0.2, -0.15) is 0 Å². The summed E-state index contributed by atoms with van der Waals surface area (Å²) in [6.45, 7) is 0. The number of carbonyl (C=O) groups excluding carboxylic acids is 4. The SMILES string of the molecule is O=C([O-])C(c1ccccc1)(c1ccccc1)c1ccccc1.O=C([O-])C(c1ccccc1)(c1ccccc1)c1ccccc1.O=C([O-])C(c1ccccc1)(c1ccccc1)c1ccccc1.O=C([O-])C(c1ccccc1)(c1ccccc1)c1ccccc1.[Rh+2].[Rh+2]. The van der Waals surface area contributed by atoms with Gasteiger partial charge < -0.3 is 39.6 Å². The average molecular weight is 1360 g/mol. The zero-order valence-corrected chi connectivity index (χ0v) is 51.9. The van der Waals surface area contributed by atoms with Crippen LogP contribution in [0.25, 0.3) is 0 Å². The normalized spacial score (nSPS) is 10.8. The Kier molecular flexibility index (Phi) is 24.0. The van der Waals surface area contributed by atoms with Gasteiger partial charge in [0.05, 0.1) is 45.5 Å². The molecule has 0 saturated heterocycles. The van der Waals surface area contributed by atoms with Crippen LogP contribution in [0.4, 0.5) is 0 Å². The van der Waals surface area contributed by atoms with Crippen molar-refractivity contribution in [1.82, 2.24) is 0 Å². The van der Waals surface area contributed by atoms with E-state index in [-0.39, 0.29) is 39.0 Å². The van der Waals surface area contributed by atoms with Crippen molar-refractivity contribution in [3.63, 3.8) is 0 Å². The molecule has 0 aromatic heterocycles. The average Bonchev–Trinajstić information content (AvgIpc) is 1.84. The maximum absolute atomic E-state index is 12.3. The van der Waals surface area contributed by atoms with Gasteiger partial charge in [-0.3, -0.25) is 0 Å². The van der Waals surface area contributed by atoms with Crippen LogP contribution in [0.3, 0.4) is 0 Å². The molecule has 8 nitrogen and oxygen atoms in total. The van der Waals surface area contributed by atoms with Crippen LogP contribution in [0.15, 0.2) is 364 Å². The van der Waals surface area contributed by atoms with Gasteiger partial charge in [0, 0.05) is 0 Å². The molecule has 0 aliphatic rings. The Bertz CT molecular complexity index is 3170. The van der Waals surface area contributed by atoms with Crippen LogP contribution in [0.5, 0.6) is 0 Å². The third-order valence-electron chi connectivity index (χ3n) is 15.7. The van der Waals surface area contributed by atoms with Gasteiger partial charge in [0.1, 0.15) is 0 Å². The first-order valence-electron chi connectivity index (χ1n) is 28.6. The van der Waals surface area contributed by atoms with Crippen LogP contribution < -0.4 is 20.4 Å². The first kappa shape index (κ1) is 67.3. The number of benzene rings is 12. The molecule has 90 heavy (non-hydrogen) atoms. The fraction of sp³-hybridized carbons (Fsp3) is 0.0500. The van der Waals surface area contributed by atoms with Gasteiger partial charge in [-0.25, -0.2) is 0 Å². The predicted octanol–water partition coefficient (Wildman–Crippen LogP) is 11.1. The van der Waals surface area contributed by atoms with Crippen LogP contribution >= 0.6 is 0 Å². The summed E-state index contributed by atoms with van der Waals surface area (Å²) < 4.78 is 0. The molecule has 0 aliphatic carbocycles. The standard InChI is InChI=1S/4C20H16O2.2Rh/c4*21-19(22)20(16-10-4-1-5-11-16,17-12-6-2-7-13-17)18-14-8-3-9-15-18;;/h4*1-15H,(H,21,22);;/q;;;;2*+2/p-4. The maximum Gasteiger partial charge on any atom is 2.00 e. The molecule has 0 N–H and O–H groups in total. The molecule has 12 aromatic carbocycles. The molecule has 0 heterocycles. The molecule has 0 bridgehead atoms. The van der Waals surface area contributed by atoms with Crippen molar-refractivity contribution in [2.24, 2.45) is 0 Å². The Balaban J connectivity index is 0.000000169. The van der Waals surface area contributed by atoms with Gasteiger partial charge in [0.2, 0.25) is 0 Å². The molecule has 10 heteroatoms. The second kappa shape index (κ2) is 32.1. The van der Waals surface area contributed by atoms with Crippen molar-refractivity contribution in [3.8, 4) is 0 Å². The van der Waals surface area contributed by atoms with E-state index < -0.39 is 45.5 Å². The van der Waals surface area contributed by atoms with Crippen LogP contribution in [0.1, 0.15) is 66.8 Å². The summed E-state index contributed by atoms with van der Waals surface area (Å²) in [5.74, 6) is -4.51. The first-order chi connectivity index (χ1) is 43.0. The largest absolute Gasteiger partial charge is 2.00 e. The van der Waals surface area contributed by atoms with Gasteiger partial charge in [-0.15, -0.1) is 0 Å². The zero-order valence-electron chi connectivity index (χ0n) is 48.6. The summed E-state index contributed by atoms with van der Waals surface area (Å²) >= 11 is 0. The molecule has 0 aliphatic heterocycles. The molecular weight excluding hydrogens is 1290 g/mol. The minimum Gasteiger partial charge on any atom is -0.548 e. The predicted molar refractivity (Wildman–Crippen MR) is 337 cm³/mol. The molecule has 0 spiro atoms. The minimum absolute atomic E-state index is 0. The Morgan fingerprint density at radius 2 is 0.222 bits per heavy atom. The number of rotatable bonds is 16. The van der Waals surface area contributed by atoms with Gasteiger partial charge in [-0.1, -0.05) is 364 Å². The fourth-order valence-electron chi connectivity index (χ4n) is 11.7. The molecule has 0 fully saturated rings. The van der Waals surface area contributed by atoms with E-state index in [1.54, 1.807) is 0 Å². The van der Waals surface area contributed by atoms with Crippen LogP contribution in [-0.2, 0) is 79.8 Å². The summed E-state index contributed by atoms with van der Waals surface area (Å²) in [4.78, 5) is 49.2. The molecule has 0 amide bonds. The number of aliphatic carboxylic acids is 4. The molecule has 2 radical (unpaired) electrons. The van der Waals surface area contributed by atoms with E-state index in [1.165, 1.54) is 0 Å². The van der Waals surface area contributed by atoms with Crippen molar-refractivity contribution >= 4 is 23.9 Å². The summed E-state index contributed by atoms with van der Waals surface area (Å²) in [5, 5.41) is 49.2. The third kappa shape index (κ3) is 13.9. The Morgan fingerprint density at radius 3 is 0.278 bits per heavy atom. The van der Waals surface area contributed by atoms with E-state index in [1.807, 2.05) is 364 Å². The Morgan fingerprint density at radius 1 is 0.156 bits per heavy atom. The number of carboxylic acids is 4. The van der Waals surface area contributed by atoms with Crippen molar-refractivity contribution in [2.45, 2.75) is 21.7 Å². The van der Waals surface area contributed by atoms with Crippen molar-refractivity contribution in [3.05, 3.63) is 431 Å². The van der Waals surface area contributed by atoms with E-state index in [9.17, 15) is 39.6 Å². The summed E-state index contributed by atoms with van der Waals surface area (Å²) in [6.07, 6.45) is 0. The Labute approximate surface area is 551 Å². The van der Waals surface area contributed by atoms with Gasteiger partial charge in [0.15, 0.2) is 0 Å². The van der Waals surface area contributed by atoms with Gasteiger partial charge >= 0.3 is 39.0 Å². The number of carbonyl (C=O) groups is 4. The molecule has 446 valence electrons. The van der Waals surface area contributed by atoms with Gasteiger partial charge in [-0.05, 0) is 66.8 Å². The van der Waals surface area contributed by atoms with E-state index >= 15 is 0 Å². The third-order valence-corrected chi connectivity index (χ3v) is 15.7. The molecule has 0 unspecified atom stereocenters.